The number of unbranched alkanes of at least 4 members (excludes halogenated alkanes) is 34. The van der Waals surface area contributed by atoms with E-state index in [1.807, 2.05) is 0 Å². The van der Waals surface area contributed by atoms with Gasteiger partial charge in [-0.25, -0.2) is 0 Å². The summed E-state index contributed by atoms with van der Waals surface area (Å²) in [6.07, 6.45) is 64.4. The van der Waals surface area contributed by atoms with Crippen LogP contribution in [-0.2, 0) is 23.8 Å². The Hall–Kier alpha value is -1.88. The molecule has 0 amide bonds. The molecule has 1 unspecified atom stereocenters. The SMILES string of the molecule is CCCCC/C=C\C/C=C\CCCCCCCCCC(=O)OC(COCCCCCCCCCCCC)COC(=O)CCCCCCCCCCC/C=C\CCCCCCCC. The first-order valence-electron chi connectivity index (χ1n) is 27.5. The van der Waals surface area contributed by atoms with Gasteiger partial charge in [-0.2, -0.15) is 0 Å². The first-order chi connectivity index (χ1) is 30.6. The highest BCUT2D eigenvalue weighted by Crippen LogP contribution is 2.15. The van der Waals surface area contributed by atoms with Crippen molar-refractivity contribution in [3.63, 3.8) is 0 Å². The Bertz CT molecular complexity index is 986. The highest BCUT2D eigenvalue weighted by molar-refractivity contribution is 5.70. The molecule has 0 aromatic rings. The van der Waals surface area contributed by atoms with Crippen molar-refractivity contribution in [2.45, 2.75) is 297 Å². The third-order valence-corrected chi connectivity index (χ3v) is 12.1. The van der Waals surface area contributed by atoms with Crippen LogP contribution in [0.2, 0.25) is 0 Å². The summed E-state index contributed by atoms with van der Waals surface area (Å²) < 4.78 is 17.4. The molecule has 0 radical (unpaired) electrons. The van der Waals surface area contributed by atoms with Crippen LogP contribution < -0.4 is 0 Å². The summed E-state index contributed by atoms with van der Waals surface area (Å²) in [5.74, 6) is -0.394. The molecule has 364 valence electrons. The minimum Gasteiger partial charge on any atom is -0.462 e. The first kappa shape index (κ1) is 60.1. The van der Waals surface area contributed by atoms with Crippen molar-refractivity contribution in [1.82, 2.24) is 0 Å². The van der Waals surface area contributed by atoms with Gasteiger partial charge in [0.2, 0.25) is 0 Å². The molecule has 0 aliphatic heterocycles. The monoisotopic (exact) mass is 871 g/mol. The summed E-state index contributed by atoms with van der Waals surface area (Å²) in [6, 6.07) is 0. The molecule has 5 nitrogen and oxygen atoms in total. The average molecular weight is 871 g/mol. The number of carbonyl (C=O) groups is 2. The maximum Gasteiger partial charge on any atom is 0.306 e. The summed E-state index contributed by atoms with van der Waals surface area (Å²) in [6.45, 7) is 7.83. The van der Waals surface area contributed by atoms with Gasteiger partial charge in [0.15, 0.2) is 6.10 Å². The van der Waals surface area contributed by atoms with E-state index >= 15 is 0 Å². The standard InChI is InChI=1S/C57H106O5/c1-4-7-10-13-16-19-22-24-26-28-29-31-32-34-36-38-41-44-47-50-56(58)61-54-55(53-60-52-49-46-43-40-21-18-15-12-9-6-3)62-57(59)51-48-45-42-39-37-35-33-30-27-25-23-20-17-14-11-8-5-2/h17,20,24-27,55H,4-16,18-19,21-23,28-54H2,1-3H3/b20-17-,26-24-,27-25-. The van der Waals surface area contributed by atoms with Crippen molar-refractivity contribution in [2.75, 3.05) is 19.8 Å². The fourth-order valence-corrected chi connectivity index (χ4v) is 8.01. The van der Waals surface area contributed by atoms with Gasteiger partial charge >= 0.3 is 11.9 Å². The van der Waals surface area contributed by atoms with E-state index in [0.717, 1.165) is 44.9 Å². The number of allylic oxidation sites excluding steroid dienone is 6. The second-order valence-electron chi connectivity index (χ2n) is 18.5. The normalized spacial score (nSPS) is 12.4. The van der Waals surface area contributed by atoms with Crippen LogP contribution in [0.1, 0.15) is 290 Å². The lowest BCUT2D eigenvalue weighted by Gasteiger charge is -2.18. The van der Waals surface area contributed by atoms with Gasteiger partial charge in [0.25, 0.3) is 0 Å². The van der Waals surface area contributed by atoms with Crippen LogP contribution in [0.3, 0.4) is 0 Å². The Morgan fingerprint density at radius 2 is 0.677 bits per heavy atom. The predicted octanol–water partition coefficient (Wildman–Crippen LogP) is 18.6. The van der Waals surface area contributed by atoms with Crippen LogP contribution in [0, 0.1) is 0 Å². The first-order valence-corrected chi connectivity index (χ1v) is 27.5. The second-order valence-corrected chi connectivity index (χ2v) is 18.5. The fourth-order valence-electron chi connectivity index (χ4n) is 8.01. The van der Waals surface area contributed by atoms with E-state index in [4.69, 9.17) is 14.2 Å². The van der Waals surface area contributed by atoms with Crippen molar-refractivity contribution in [1.29, 1.82) is 0 Å². The summed E-state index contributed by atoms with van der Waals surface area (Å²) >= 11 is 0. The lowest BCUT2D eigenvalue weighted by atomic mass is 10.1. The summed E-state index contributed by atoms with van der Waals surface area (Å²) in [4.78, 5) is 25.4. The van der Waals surface area contributed by atoms with Gasteiger partial charge in [0.1, 0.15) is 6.61 Å². The zero-order valence-corrected chi connectivity index (χ0v) is 41.9. The molecule has 0 bridgehead atoms. The van der Waals surface area contributed by atoms with Gasteiger partial charge in [0, 0.05) is 19.4 Å². The number of carbonyl (C=O) groups excluding carboxylic acids is 2. The minimum absolute atomic E-state index is 0.0858. The maximum atomic E-state index is 12.8. The molecule has 0 saturated carbocycles. The van der Waals surface area contributed by atoms with E-state index in [1.165, 1.54) is 212 Å². The second kappa shape index (κ2) is 53.5. The van der Waals surface area contributed by atoms with Crippen LogP contribution in [0.5, 0.6) is 0 Å². The minimum atomic E-state index is -0.536. The van der Waals surface area contributed by atoms with Crippen LogP contribution in [0.25, 0.3) is 0 Å². The molecule has 0 aliphatic carbocycles. The molecular formula is C57H106O5. The Labute approximate surface area is 387 Å². The lowest BCUT2D eigenvalue weighted by Crippen LogP contribution is -2.30. The average Bonchev–Trinajstić information content (AvgIpc) is 3.27. The van der Waals surface area contributed by atoms with Gasteiger partial charge < -0.3 is 14.2 Å². The molecule has 0 aliphatic rings. The van der Waals surface area contributed by atoms with Crippen LogP contribution in [0.4, 0.5) is 0 Å². The number of ether oxygens (including phenoxy) is 3. The molecule has 0 fully saturated rings. The van der Waals surface area contributed by atoms with Crippen molar-refractivity contribution in [3.8, 4) is 0 Å². The lowest BCUT2D eigenvalue weighted by molar-refractivity contribution is -0.163. The third-order valence-electron chi connectivity index (χ3n) is 12.1. The molecule has 0 N–H and O–H groups in total. The van der Waals surface area contributed by atoms with Gasteiger partial charge in [-0.3, -0.25) is 9.59 Å². The summed E-state index contributed by atoms with van der Waals surface area (Å²) in [7, 11) is 0. The van der Waals surface area contributed by atoms with E-state index in [1.54, 1.807) is 0 Å². The van der Waals surface area contributed by atoms with Gasteiger partial charge in [-0.05, 0) is 77.0 Å². The quantitative estimate of drug-likeness (QED) is 0.0346. The van der Waals surface area contributed by atoms with Gasteiger partial charge in [0.05, 0.1) is 6.61 Å². The Morgan fingerprint density at radius 1 is 0.355 bits per heavy atom. The largest absolute Gasteiger partial charge is 0.462 e. The third kappa shape index (κ3) is 50.8. The Balaban J connectivity index is 4.18. The van der Waals surface area contributed by atoms with E-state index < -0.39 is 6.10 Å². The van der Waals surface area contributed by atoms with Crippen molar-refractivity contribution < 1.29 is 23.8 Å². The molecule has 5 heteroatoms. The number of hydrogen-bond donors (Lipinski definition) is 0. The number of esters is 2. The molecule has 0 rings (SSSR count). The molecule has 0 aromatic heterocycles. The van der Waals surface area contributed by atoms with E-state index in [-0.39, 0.29) is 25.2 Å². The van der Waals surface area contributed by atoms with Crippen LogP contribution in [-0.4, -0.2) is 37.9 Å². The Morgan fingerprint density at radius 3 is 1.11 bits per heavy atom. The summed E-state index contributed by atoms with van der Waals surface area (Å²) in [5, 5.41) is 0. The van der Waals surface area contributed by atoms with Crippen LogP contribution in [0.15, 0.2) is 36.5 Å². The molecule has 1 atom stereocenters. The van der Waals surface area contributed by atoms with Crippen molar-refractivity contribution in [3.05, 3.63) is 36.5 Å². The molecule has 0 aromatic carbocycles. The zero-order chi connectivity index (χ0) is 44.9. The number of rotatable bonds is 51. The van der Waals surface area contributed by atoms with E-state index in [0.29, 0.717) is 19.4 Å². The maximum absolute atomic E-state index is 12.8. The topological polar surface area (TPSA) is 61.8 Å². The van der Waals surface area contributed by atoms with Gasteiger partial charge in [-0.1, -0.05) is 237 Å². The number of hydrogen-bond acceptors (Lipinski definition) is 5. The van der Waals surface area contributed by atoms with Gasteiger partial charge in [-0.15, -0.1) is 0 Å². The molecule has 0 heterocycles. The van der Waals surface area contributed by atoms with Crippen molar-refractivity contribution in [2.24, 2.45) is 0 Å². The summed E-state index contributed by atoms with van der Waals surface area (Å²) in [5.41, 5.74) is 0. The molecule has 0 spiro atoms. The highest BCUT2D eigenvalue weighted by Gasteiger charge is 2.17. The van der Waals surface area contributed by atoms with Crippen molar-refractivity contribution >= 4 is 11.9 Å². The molecule has 0 saturated heterocycles. The smallest absolute Gasteiger partial charge is 0.306 e. The fraction of sp³-hybridized carbons (Fsp3) is 0.860. The zero-order valence-electron chi connectivity index (χ0n) is 41.9. The predicted molar refractivity (Wildman–Crippen MR) is 270 cm³/mol. The van der Waals surface area contributed by atoms with E-state index in [9.17, 15) is 9.59 Å². The molecule has 62 heavy (non-hydrogen) atoms. The van der Waals surface area contributed by atoms with E-state index in [2.05, 4.69) is 57.2 Å². The highest BCUT2D eigenvalue weighted by atomic mass is 16.6. The molecular weight excluding hydrogens is 765 g/mol. The Kier molecular flexibility index (Phi) is 51.8. The van der Waals surface area contributed by atoms with Crippen LogP contribution >= 0.6 is 0 Å².